The Morgan fingerprint density at radius 2 is 1.97 bits per heavy atom. The number of fused-ring (bicyclic) bond motifs is 3. The summed E-state index contributed by atoms with van der Waals surface area (Å²) in [5.74, 6) is 1.13. The largest absolute Gasteiger partial charge is 0.473 e. The van der Waals surface area contributed by atoms with E-state index in [2.05, 4.69) is 16.8 Å². The maximum atomic E-state index is 13.0. The Hall–Kier alpha value is -4.00. The van der Waals surface area contributed by atoms with Crippen molar-refractivity contribution >= 4 is 5.82 Å². The van der Waals surface area contributed by atoms with Crippen molar-refractivity contribution in [2.24, 2.45) is 0 Å². The predicted molar refractivity (Wildman–Crippen MR) is 130 cm³/mol. The van der Waals surface area contributed by atoms with Gasteiger partial charge in [0.05, 0.1) is 11.1 Å². The van der Waals surface area contributed by atoms with E-state index < -0.39 is 11.7 Å². The van der Waals surface area contributed by atoms with E-state index in [9.17, 15) is 23.2 Å². The molecule has 0 aliphatic carbocycles. The summed E-state index contributed by atoms with van der Waals surface area (Å²) in [5, 5.41) is 9.58. The van der Waals surface area contributed by atoms with E-state index >= 15 is 0 Å². The van der Waals surface area contributed by atoms with Crippen LogP contribution in [-0.2, 0) is 19.3 Å². The van der Waals surface area contributed by atoms with Crippen LogP contribution in [0.4, 0.5) is 19.0 Å². The lowest BCUT2D eigenvalue weighted by Gasteiger charge is -2.44. The molecule has 2 aliphatic heterocycles. The van der Waals surface area contributed by atoms with Crippen molar-refractivity contribution in [2.45, 2.75) is 57.5 Å². The second kappa shape index (κ2) is 9.47. The van der Waals surface area contributed by atoms with Gasteiger partial charge in [0.15, 0.2) is 0 Å². The number of nitriles is 1. The van der Waals surface area contributed by atoms with Gasteiger partial charge in [-0.3, -0.25) is 4.57 Å². The Morgan fingerprint density at radius 1 is 1.14 bits per heavy atom. The van der Waals surface area contributed by atoms with E-state index in [1.165, 1.54) is 24.3 Å². The maximum Gasteiger partial charge on any atom is 0.416 e. The van der Waals surface area contributed by atoms with E-state index in [1.54, 1.807) is 16.7 Å². The molecule has 5 rings (SSSR count). The minimum Gasteiger partial charge on any atom is -0.473 e. The summed E-state index contributed by atoms with van der Waals surface area (Å²) in [5.41, 5.74) is -0.362. The number of alkyl halides is 3. The van der Waals surface area contributed by atoms with Gasteiger partial charge in [0.2, 0.25) is 5.88 Å². The third-order valence-corrected chi connectivity index (χ3v) is 7.24. The molecule has 0 bridgehead atoms. The Kier molecular flexibility index (Phi) is 6.31. The van der Waals surface area contributed by atoms with Crippen LogP contribution in [0.25, 0.3) is 0 Å². The summed E-state index contributed by atoms with van der Waals surface area (Å²) >= 11 is 0. The van der Waals surface area contributed by atoms with E-state index in [0.29, 0.717) is 12.1 Å². The normalized spacial score (nSPS) is 18.6. The molecular weight excluding hydrogens is 485 g/mol. The topological polar surface area (TPSA) is 80.4 Å². The highest BCUT2D eigenvalue weighted by molar-refractivity contribution is 5.50. The summed E-state index contributed by atoms with van der Waals surface area (Å²) in [7, 11) is 0. The first-order chi connectivity index (χ1) is 17.7. The van der Waals surface area contributed by atoms with Gasteiger partial charge in [0, 0.05) is 24.7 Å². The molecule has 1 unspecified atom stereocenters. The minimum absolute atomic E-state index is 0.0286. The summed E-state index contributed by atoms with van der Waals surface area (Å²) in [4.78, 5) is 19.1. The molecule has 10 heteroatoms. The number of nitrogens with zero attached hydrogens (tertiary/aromatic N) is 4. The van der Waals surface area contributed by atoms with Crippen molar-refractivity contribution in [3.63, 3.8) is 0 Å². The molecule has 0 saturated carbocycles. The fourth-order valence-corrected chi connectivity index (χ4v) is 5.26. The Bertz CT molecular complexity index is 1430. The minimum atomic E-state index is -4.50. The first kappa shape index (κ1) is 24.7. The molecule has 1 aromatic heterocycles. The maximum absolute atomic E-state index is 13.0. The lowest BCUT2D eigenvalue weighted by Crippen LogP contribution is -2.51. The van der Waals surface area contributed by atoms with Crippen LogP contribution in [0.1, 0.15) is 49.3 Å². The first-order valence-corrected chi connectivity index (χ1v) is 12.1. The second-order valence-electron chi connectivity index (χ2n) is 9.33. The summed E-state index contributed by atoms with van der Waals surface area (Å²) in [6.07, 6.45) is -0.400. The highest BCUT2D eigenvalue weighted by Crippen LogP contribution is 2.42. The standard InChI is InChI=1S/C27H25F3N4O3/c1-2-26-9-4-11-34(26)24-15-23(32-25(35)33(24)12-10-26)36-17-18-7-8-22(19(13-18)16-31)37-21-6-3-5-20(14-21)27(28,29)30/h3,5-8,13-15H,2,4,9-12,17H2,1H3. The van der Waals surface area contributed by atoms with Gasteiger partial charge < -0.3 is 14.4 Å². The van der Waals surface area contributed by atoms with E-state index in [0.717, 1.165) is 50.2 Å². The van der Waals surface area contributed by atoms with Crippen LogP contribution >= 0.6 is 0 Å². The average molecular weight is 511 g/mol. The van der Waals surface area contributed by atoms with Crippen LogP contribution in [0.15, 0.2) is 53.3 Å². The van der Waals surface area contributed by atoms with Gasteiger partial charge in [-0.05, 0) is 61.6 Å². The number of aromatic nitrogens is 2. The molecule has 1 fully saturated rings. The first-order valence-electron chi connectivity index (χ1n) is 12.1. The molecule has 192 valence electrons. The highest BCUT2D eigenvalue weighted by Gasteiger charge is 2.43. The molecule has 0 spiro atoms. The van der Waals surface area contributed by atoms with Crippen LogP contribution in [0.5, 0.6) is 17.4 Å². The Labute approximate surface area is 211 Å². The monoisotopic (exact) mass is 510 g/mol. The van der Waals surface area contributed by atoms with Gasteiger partial charge in [-0.25, -0.2) is 4.79 Å². The van der Waals surface area contributed by atoms with E-state index in [1.807, 2.05) is 6.07 Å². The number of anilines is 1. The molecule has 2 aliphatic rings. The van der Waals surface area contributed by atoms with Crippen LogP contribution in [-0.4, -0.2) is 21.6 Å². The van der Waals surface area contributed by atoms with Crippen LogP contribution < -0.4 is 20.1 Å². The molecule has 7 nitrogen and oxygen atoms in total. The number of rotatable bonds is 6. The SMILES string of the molecule is CCC12CCCN1c1cc(OCc3ccc(Oc4cccc(C(F)(F)F)c4)c(C#N)c3)nc(=O)n1CC2. The fourth-order valence-electron chi connectivity index (χ4n) is 5.26. The van der Waals surface area contributed by atoms with Crippen molar-refractivity contribution in [3.8, 4) is 23.4 Å². The average Bonchev–Trinajstić information content (AvgIpc) is 3.33. The van der Waals surface area contributed by atoms with Crippen molar-refractivity contribution in [2.75, 3.05) is 11.4 Å². The van der Waals surface area contributed by atoms with Crippen LogP contribution in [0, 0.1) is 11.3 Å². The molecule has 0 N–H and O–H groups in total. The summed E-state index contributed by atoms with van der Waals surface area (Å²) < 4.78 is 52.1. The molecule has 37 heavy (non-hydrogen) atoms. The zero-order valence-corrected chi connectivity index (χ0v) is 20.2. The number of ether oxygens (including phenoxy) is 2. The molecule has 3 heterocycles. The molecule has 3 aromatic rings. The molecular formula is C27H25F3N4O3. The van der Waals surface area contributed by atoms with Gasteiger partial charge in [-0.1, -0.05) is 19.1 Å². The van der Waals surface area contributed by atoms with E-state index in [4.69, 9.17) is 9.47 Å². The Balaban J connectivity index is 1.33. The third kappa shape index (κ3) is 4.73. The van der Waals surface area contributed by atoms with Crippen molar-refractivity contribution < 1.29 is 22.6 Å². The lowest BCUT2D eigenvalue weighted by atomic mass is 9.87. The smallest absolute Gasteiger partial charge is 0.416 e. The Morgan fingerprint density at radius 3 is 2.73 bits per heavy atom. The van der Waals surface area contributed by atoms with Gasteiger partial charge in [-0.2, -0.15) is 23.4 Å². The van der Waals surface area contributed by atoms with Crippen molar-refractivity contribution in [3.05, 3.63) is 75.7 Å². The van der Waals surface area contributed by atoms with Gasteiger partial charge >= 0.3 is 11.9 Å². The van der Waals surface area contributed by atoms with Gasteiger partial charge in [0.25, 0.3) is 0 Å². The van der Waals surface area contributed by atoms with Crippen molar-refractivity contribution in [1.82, 2.24) is 9.55 Å². The highest BCUT2D eigenvalue weighted by atomic mass is 19.4. The second-order valence-corrected chi connectivity index (χ2v) is 9.33. The molecule has 1 atom stereocenters. The molecule has 0 amide bonds. The molecule has 2 aromatic carbocycles. The summed E-state index contributed by atoms with van der Waals surface area (Å²) in [6.45, 7) is 3.74. The molecule has 0 radical (unpaired) electrons. The zero-order valence-electron chi connectivity index (χ0n) is 20.2. The predicted octanol–water partition coefficient (Wildman–Crippen LogP) is 5.66. The van der Waals surface area contributed by atoms with Crippen molar-refractivity contribution in [1.29, 1.82) is 5.26 Å². The zero-order chi connectivity index (χ0) is 26.2. The van der Waals surface area contributed by atoms with Gasteiger partial charge in [-0.15, -0.1) is 0 Å². The number of benzene rings is 2. The van der Waals surface area contributed by atoms with E-state index in [-0.39, 0.29) is 40.8 Å². The quantitative estimate of drug-likeness (QED) is 0.426. The van der Waals surface area contributed by atoms with Crippen LogP contribution in [0.2, 0.25) is 0 Å². The van der Waals surface area contributed by atoms with Gasteiger partial charge in [0.1, 0.15) is 30.0 Å². The fraction of sp³-hybridized carbons (Fsp3) is 0.370. The number of hydrogen-bond acceptors (Lipinski definition) is 6. The van der Waals surface area contributed by atoms with Crippen LogP contribution in [0.3, 0.4) is 0 Å². The number of halogens is 3. The third-order valence-electron chi connectivity index (χ3n) is 7.24. The lowest BCUT2D eigenvalue weighted by molar-refractivity contribution is -0.137. The summed E-state index contributed by atoms with van der Waals surface area (Å²) in [6, 6.07) is 13.0. The number of hydrogen-bond donors (Lipinski definition) is 0. The molecule has 1 saturated heterocycles.